The average molecular weight is 449 g/mol. The number of esters is 1. The summed E-state index contributed by atoms with van der Waals surface area (Å²) in [7, 11) is 5.31. The van der Waals surface area contributed by atoms with Gasteiger partial charge in [0.15, 0.2) is 5.11 Å². The van der Waals surface area contributed by atoms with Gasteiger partial charge in [-0.25, -0.2) is 9.78 Å². The molecule has 0 amide bonds. The number of methoxy groups -OCH3 is 1. The standard InChI is InChI=1S/C20H28N6O2S2/c1-12-11-30-17(18(27)28-4)16(12)25-20(29)23-14-7-5-13(6-8-14)22-19-21-10-9-15(24-19)26(2)3/h9-11,13-14H,5-8H2,1-4H3,(H,21,22,24)(H2,23,25,29). The van der Waals surface area contributed by atoms with Gasteiger partial charge >= 0.3 is 5.97 Å². The molecule has 0 radical (unpaired) electrons. The highest BCUT2D eigenvalue weighted by Crippen LogP contribution is 2.28. The second-order valence-electron chi connectivity index (χ2n) is 7.54. The molecule has 0 spiro atoms. The SMILES string of the molecule is COC(=O)c1scc(C)c1NC(=S)NC1CCC(Nc2nccc(N(C)C)n2)CC1. The van der Waals surface area contributed by atoms with Crippen LogP contribution in [0.2, 0.25) is 0 Å². The number of nitrogens with zero attached hydrogens (tertiary/aromatic N) is 3. The first-order valence-corrected chi connectivity index (χ1v) is 11.2. The Morgan fingerprint density at radius 2 is 1.97 bits per heavy atom. The fourth-order valence-corrected chi connectivity index (χ4v) is 4.60. The molecule has 0 atom stereocenters. The van der Waals surface area contributed by atoms with E-state index < -0.39 is 0 Å². The molecule has 2 heterocycles. The Labute approximate surface area is 186 Å². The number of nitrogens with one attached hydrogen (secondary N) is 3. The molecule has 2 aromatic rings. The fraction of sp³-hybridized carbons (Fsp3) is 0.500. The van der Waals surface area contributed by atoms with Crippen LogP contribution in [-0.4, -0.2) is 54.3 Å². The number of carbonyl (C=O) groups excluding carboxylic acids is 1. The molecule has 162 valence electrons. The molecule has 1 aliphatic carbocycles. The zero-order valence-electron chi connectivity index (χ0n) is 17.7. The highest BCUT2D eigenvalue weighted by atomic mass is 32.1. The summed E-state index contributed by atoms with van der Waals surface area (Å²) >= 11 is 6.84. The van der Waals surface area contributed by atoms with Crippen molar-refractivity contribution in [3.8, 4) is 0 Å². The molecule has 0 aliphatic heterocycles. The van der Waals surface area contributed by atoms with E-state index in [0.29, 0.717) is 22.0 Å². The van der Waals surface area contributed by atoms with Gasteiger partial charge in [0.25, 0.3) is 0 Å². The minimum Gasteiger partial charge on any atom is -0.465 e. The Morgan fingerprint density at radius 3 is 2.63 bits per heavy atom. The van der Waals surface area contributed by atoms with Crippen LogP contribution in [-0.2, 0) is 4.74 Å². The van der Waals surface area contributed by atoms with Gasteiger partial charge in [-0.15, -0.1) is 11.3 Å². The highest BCUT2D eigenvalue weighted by Gasteiger charge is 2.23. The number of hydrogen-bond acceptors (Lipinski definition) is 8. The largest absolute Gasteiger partial charge is 0.465 e. The van der Waals surface area contributed by atoms with Crippen LogP contribution in [0, 0.1) is 6.92 Å². The molecule has 0 saturated heterocycles. The lowest BCUT2D eigenvalue weighted by Crippen LogP contribution is -2.42. The molecule has 0 bridgehead atoms. The summed E-state index contributed by atoms with van der Waals surface area (Å²) < 4.78 is 4.85. The second-order valence-corrected chi connectivity index (χ2v) is 8.83. The first kappa shape index (κ1) is 22.2. The second kappa shape index (κ2) is 10.0. The summed E-state index contributed by atoms with van der Waals surface area (Å²) in [4.78, 5) is 23.3. The number of aromatic nitrogens is 2. The summed E-state index contributed by atoms with van der Waals surface area (Å²) in [6.45, 7) is 1.94. The van der Waals surface area contributed by atoms with E-state index in [-0.39, 0.29) is 12.0 Å². The first-order valence-electron chi connectivity index (χ1n) is 9.88. The lowest BCUT2D eigenvalue weighted by Gasteiger charge is -2.30. The van der Waals surface area contributed by atoms with Crippen molar-refractivity contribution in [3.63, 3.8) is 0 Å². The molecule has 0 unspecified atom stereocenters. The highest BCUT2D eigenvalue weighted by molar-refractivity contribution is 7.80. The van der Waals surface area contributed by atoms with Crippen LogP contribution in [0.15, 0.2) is 17.6 Å². The van der Waals surface area contributed by atoms with Crippen LogP contribution in [0.4, 0.5) is 17.5 Å². The normalized spacial score (nSPS) is 18.4. The predicted octanol–water partition coefficient (Wildman–Crippen LogP) is 3.41. The van der Waals surface area contributed by atoms with Crippen LogP contribution in [0.1, 0.15) is 40.9 Å². The van der Waals surface area contributed by atoms with Gasteiger partial charge in [-0.2, -0.15) is 4.98 Å². The molecular weight excluding hydrogens is 420 g/mol. The Bertz CT molecular complexity index is 893. The van der Waals surface area contributed by atoms with E-state index >= 15 is 0 Å². The monoisotopic (exact) mass is 448 g/mol. The summed E-state index contributed by atoms with van der Waals surface area (Å²) in [5, 5.41) is 12.5. The van der Waals surface area contributed by atoms with Gasteiger partial charge < -0.3 is 25.6 Å². The van der Waals surface area contributed by atoms with Gasteiger partial charge in [0.1, 0.15) is 10.7 Å². The van der Waals surface area contributed by atoms with Gasteiger partial charge in [-0.1, -0.05) is 0 Å². The van der Waals surface area contributed by atoms with E-state index in [1.54, 1.807) is 6.20 Å². The molecule has 3 rings (SSSR count). The third-order valence-electron chi connectivity index (χ3n) is 5.08. The van der Waals surface area contributed by atoms with Crippen LogP contribution >= 0.6 is 23.6 Å². The Kier molecular flexibility index (Phi) is 7.43. The van der Waals surface area contributed by atoms with Crippen molar-refractivity contribution in [3.05, 3.63) is 28.1 Å². The molecule has 2 aromatic heterocycles. The summed E-state index contributed by atoms with van der Waals surface area (Å²) in [6, 6.07) is 2.52. The van der Waals surface area contributed by atoms with E-state index in [9.17, 15) is 4.79 Å². The molecule has 1 fully saturated rings. The number of thiocarbonyl (C=S) groups is 1. The maximum atomic E-state index is 11.9. The van der Waals surface area contributed by atoms with Gasteiger partial charge in [0.2, 0.25) is 5.95 Å². The lowest BCUT2D eigenvalue weighted by atomic mass is 9.91. The maximum Gasteiger partial charge on any atom is 0.350 e. The number of rotatable bonds is 6. The lowest BCUT2D eigenvalue weighted by molar-refractivity contribution is 0.0607. The Hall–Kier alpha value is -2.46. The van der Waals surface area contributed by atoms with Crippen molar-refractivity contribution in [2.24, 2.45) is 0 Å². The zero-order chi connectivity index (χ0) is 21.7. The molecule has 1 saturated carbocycles. The Balaban J connectivity index is 1.49. The van der Waals surface area contributed by atoms with Crippen molar-refractivity contribution >= 4 is 52.1 Å². The van der Waals surface area contributed by atoms with E-state index in [1.165, 1.54) is 18.4 Å². The molecule has 10 heteroatoms. The van der Waals surface area contributed by atoms with Crippen molar-refractivity contribution in [2.45, 2.75) is 44.7 Å². The fourth-order valence-electron chi connectivity index (χ4n) is 3.41. The predicted molar refractivity (Wildman–Crippen MR) is 126 cm³/mol. The smallest absolute Gasteiger partial charge is 0.350 e. The van der Waals surface area contributed by atoms with E-state index in [2.05, 4.69) is 25.9 Å². The third-order valence-corrected chi connectivity index (χ3v) is 6.38. The van der Waals surface area contributed by atoms with Crippen molar-refractivity contribution in [2.75, 3.05) is 36.7 Å². The quantitative estimate of drug-likeness (QED) is 0.454. The van der Waals surface area contributed by atoms with Crippen LogP contribution < -0.4 is 20.9 Å². The topological polar surface area (TPSA) is 91.4 Å². The molecule has 0 aromatic carbocycles. The van der Waals surface area contributed by atoms with Gasteiger partial charge in [-0.05, 0) is 61.8 Å². The van der Waals surface area contributed by atoms with Gasteiger partial charge in [0, 0.05) is 32.4 Å². The summed E-state index contributed by atoms with van der Waals surface area (Å²) in [6.07, 6.45) is 5.75. The van der Waals surface area contributed by atoms with Crippen molar-refractivity contribution in [1.82, 2.24) is 15.3 Å². The molecule has 30 heavy (non-hydrogen) atoms. The van der Waals surface area contributed by atoms with E-state index in [0.717, 1.165) is 42.8 Å². The number of ether oxygens (including phenoxy) is 1. The van der Waals surface area contributed by atoms with Gasteiger partial charge in [-0.3, -0.25) is 0 Å². The van der Waals surface area contributed by atoms with Crippen LogP contribution in [0.5, 0.6) is 0 Å². The van der Waals surface area contributed by atoms with Crippen LogP contribution in [0.25, 0.3) is 0 Å². The van der Waals surface area contributed by atoms with Gasteiger partial charge in [0.05, 0.1) is 12.8 Å². The summed E-state index contributed by atoms with van der Waals surface area (Å²) in [5.74, 6) is 1.19. The Morgan fingerprint density at radius 1 is 1.27 bits per heavy atom. The zero-order valence-corrected chi connectivity index (χ0v) is 19.3. The number of thiophene rings is 1. The number of anilines is 3. The maximum absolute atomic E-state index is 11.9. The molecule has 1 aliphatic rings. The average Bonchev–Trinajstić information content (AvgIpc) is 3.09. The first-order chi connectivity index (χ1) is 14.4. The summed E-state index contributed by atoms with van der Waals surface area (Å²) in [5.41, 5.74) is 1.69. The van der Waals surface area contributed by atoms with Crippen molar-refractivity contribution < 1.29 is 9.53 Å². The number of carbonyl (C=O) groups is 1. The minimum absolute atomic E-state index is 0.289. The van der Waals surface area contributed by atoms with E-state index in [1.807, 2.05) is 37.4 Å². The number of hydrogen-bond donors (Lipinski definition) is 3. The molecular formula is C20H28N6O2S2. The third kappa shape index (κ3) is 5.57. The molecule has 8 nitrogen and oxygen atoms in total. The minimum atomic E-state index is -0.356. The molecule has 3 N–H and O–H groups in total. The van der Waals surface area contributed by atoms with Crippen molar-refractivity contribution in [1.29, 1.82) is 0 Å². The van der Waals surface area contributed by atoms with E-state index in [4.69, 9.17) is 17.0 Å². The van der Waals surface area contributed by atoms with Crippen LogP contribution in [0.3, 0.4) is 0 Å². The number of aryl methyl sites for hydroxylation is 1.